The summed E-state index contributed by atoms with van der Waals surface area (Å²) in [6, 6.07) is 23.3. The van der Waals surface area contributed by atoms with Crippen LogP contribution in [0.2, 0.25) is 0 Å². The van der Waals surface area contributed by atoms with Crippen LogP contribution in [0.4, 0.5) is 0 Å². The molecule has 0 amide bonds. The first-order chi connectivity index (χ1) is 19.8. The van der Waals surface area contributed by atoms with Gasteiger partial charge in [-0.25, -0.2) is 14.4 Å². The van der Waals surface area contributed by atoms with Crippen LogP contribution in [-0.2, 0) is 20.6 Å². The molecule has 4 aromatic rings. The number of aromatic nitrogens is 2. The largest absolute Gasteiger partial charge is 0.459 e. The maximum atomic E-state index is 13.0. The molecule has 0 bridgehead atoms. The second kappa shape index (κ2) is 12.2. The number of hydrogen-bond donors (Lipinski definition) is 1. The molecule has 1 aliphatic rings. The van der Waals surface area contributed by atoms with Gasteiger partial charge in [0, 0.05) is 24.6 Å². The molecular weight excluding hydrogens is 524 g/mol. The second-order valence-electron chi connectivity index (χ2n) is 10.1. The SMILES string of the molecule is Cc1ccc(C(=O)OC[C@H]2O[C@H](n3cc(Cc4ccccc4)c(=O)[nH]c3=O)C[C@@H]2OC(=O)c2ccc(C)cc2)cc1. The van der Waals surface area contributed by atoms with Gasteiger partial charge in [-0.3, -0.25) is 14.3 Å². The molecule has 1 fully saturated rings. The fourth-order valence-corrected chi connectivity index (χ4v) is 4.65. The Morgan fingerprint density at radius 3 is 2.12 bits per heavy atom. The monoisotopic (exact) mass is 554 g/mol. The summed E-state index contributed by atoms with van der Waals surface area (Å²) < 4.78 is 18.7. The smallest absolute Gasteiger partial charge is 0.338 e. The molecule has 0 spiro atoms. The summed E-state index contributed by atoms with van der Waals surface area (Å²) in [5.41, 5.74) is 2.88. The molecule has 3 atom stereocenters. The van der Waals surface area contributed by atoms with Crippen LogP contribution in [0.25, 0.3) is 0 Å². The number of rotatable bonds is 8. The highest BCUT2D eigenvalue weighted by molar-refractivity contribution is 5.90. The van der Waals surface area contributed by atoms with Gasteiger partial charge in [0.1, 0.15) is 25.0 Å². The first-order valence-electron chi connectivity index (χ1n) is 13.3. The Morgan fingerprint density at radius 1 is 0.878 bits per heavy atom. The lowest BCUT2D eigenvalue weighted by molar-refractivity contribution is -0.0582. The number of H-pyrrole nitrogens is 1. The summed E-state index contributed by atoms with van der Waals surface area (Å²) in [5.74, 6) is -1.11. The van der Waals surface area contributed by atoms with E-state index in [-0.39, 0.29) is 13.0 Å². The molecule has 5 rings (SSSR count). The topological polar surface area (TPSA) is 117 Å². The number of ether oxygens (including phenoxy) is 3. The van der Waals surface area contributed by atoms with Crippen molar-refractivity contribution in [3.05, 3.63) is 139 Å². The van der Waals surface area contributed by atoms with Crippen molar-refractivity contribution in [3.63, 3.8) is 0 Å². The Labute approximate surface area is 236 Å². The summed E-state index contributed by atoms with van der Waals surface area (Å²) in [5, 5.41) is 0. The van der Waals surface area contributed by atoms with E-state index in [1.165, 1.54) is 10.8 Å². The molecule has 0 unspecified atom stereocenters. The Hall–Kier alpha value is -4.76. The van der Waals surface area contributed by atoms with E-state index in [4.69, 9.17) is 14.2 Å². The van der Waals surface area contributed by atoms with Crippen molar-refractivity contribution in [3.8, 4) is 0 Å². The van der Waals surface area contributed by atoms with Gasteiger partial charge in [0.05, 0.1) is 11.1 Å². The molecule has 1 saturated heterocycles. The average molecular weight is 555 g/mol. The van der Waals surface area contributed by atoms with Crippen LogP contribution in [0, 0.1) is 13.8 Å². The molecule has 1 aromatic heterocycles. The van der Waals surface area contributed by atoms with E-state index in [1.54, 1.807) is 48.5 Å². The Morgan fingerprint density at radius 2 is 1.49 bits per heavy atom. The zero-order valence-electron chi connectivity index (χ0n) is 22.7. The van der Waals surface area contributed by atoms with Gasteiger partial charge in [-0.2, -0.15) is 0 Å². The normalized spacial score (nSPS) is 18.1. The summed E-state index contributed by atoms with van der Waals surface area (Å²) in [6.07, 6.45) is -0.643. The number of nitrogens with one attached hydrogen (secondary N) is 1. The molecule has 41 heavy (non-hydrogen) atoms. The predicted octanol–water partition coefficient (Wildman–Crippen LogP) is 4.11. The lowest BCUT2D eigenvalue weighted by Gasteiger charge is -2.19. The Kier molecular flexibility index (Phi) is 8.26. The molecule has 0 radical (unpaired) electrons. The van der Waals surface area contributed by atoms with Crippen LogP contribution in [0.1, 0.15) is 55.6 Å². The van der Waals surface area contributed by atoms with E-state index in [9.17, 15) is 19.2 Å². The van der Waals surface area contributed by atoms with E-state index in [1.807, 2.05) is 44.2 Å². The molecule has 3 aromatic carbocycles. The van der Waals surface area contributed by atoms with Crippen molar-refractivity contribution in [2.24, 2.45) is 0 Å². The van der Waals surface area contributed by atoms with E-state index >= 15 is 0 Å². The minimum absolute atomic E-state index is 0.112. The number of nitrogens with zero attached hydrogens (tertiary/aromatic N) is 1. The molecule has 1 aliphatic heterocycles. The lowest BCUT2D eigenvalue weighted by atomic mass is 10.1. The maximum Gasteiger partial charge on any atom is 0.338 e. The quantitative estimate of drug-likeness (QED) is 0.326. The second-order valence-corrected chi connectivity index (χ2v) is 10.1. The Bertz CT molecular complexity index is 1640. The fourth-order valence-electron chi connectivity index (χ4n) is 4.65. The third kappa shape index (κ3) is 6.70. The number of benzene rings is 3. The van der Waals surface area contributed by atoms with Crippen LogP contribution in [0.3, 0.4) is 0 Å². The minimum Gasteiger partial charge on any atom is -0.459 e. The van der Waals surface area contributed by atoms with Crippen LogP contribution >= 0.6 is 0 Å². The summed E-state index contributed by atoms with van der Waals surface area (Å²) in [7, 11) is 0. The highest BCUT2D eigenvalue weighted by atomic mass is 16.6. The van der Waals surface area contributed by atoms with Crippen LogP contribution in [0.15, 0.2) is 94.6 Å². The molecule has 210 valence electrons. The number of carbonyl (C=O) groups is 2. The summed E-state index contributed by atoms with van der Waals surface area (Å²) in [4.78, 5) is 53.4. The molecule has 1 N–H and O–H groups in total. The van der Waals surface area contributed by atoms with E-state index in [2.05, 4.69) is 4.98 Å². The highest BCUT2D eigenvalue weighted by Crippen LogP contribution is 2.31. The van der Waals surface area contributed by atoms with Crippen LogP contribution in [-0.4, -0.2) is 40.3 Å². The molecular formula is C32H30N2O7. The molecule has 9 nitrogen and oxygen atoms in total. The van der Waals surface area contributed by atoms with Crippen molar-refractivity contribution in [2.75, 3.05) is 6.61 Å². The van der Waals surface area contributed by atoms with Gasteiger partial charge in [0.25, 0.3) is 5.56 Å². The minimum atomic E-state index is -0.868. The van der Waals surface area contributed by atoms with Gasteiger partial charge in [0.15, 0.2) is 0 Å². The fraction of sp³-hybridized carbons (Fsp3) is 0.250. The van der Waals surface area contributed by atoms with Crippen LogP contribution in [0.5, 0.6) is 0 Å². The first-order valence-corrected chi connectivity index (χ1v) is 13.3. The van der Waals surface area contributed by atoms with E-state index < -0.39 is 41.6 Å². The third-order valence-electron chi connectivity index (χ3n) is 6.98. The summed E-state index contributed by atoms with van der Waals surface area (Å²) in [6.45, 7) is 3.62. The van der Waals surface area contributed by atoms with Gasteiger partial charge < -0.3 is 14.2 Å². The molecule has 9 heteroatoms. The number of esters is 2. The van der Waals surface area contributed by atoms with Gasteiger partial charge in [-0.1, -0.05) is 65.7 Å². The lowest BCUT2D eigenvalue weighted by Crippen LogP contribution is -2.34. The van der Waals surface area contributed by atoms with E-state index in [0.29, 0.717) is 23.1 Å². The van der Waals surface area contributed by atoms with Crippen molar-refractivity contribution in [1.29, 1.82) is 0 Å². The standard InChI is InChI=1S/C32H30N2O7/c1-20-8-12-23(13-9-20)30(36)39-19-27-26(41-31(37)24-14-10-21(2)11-15-24)17-28(40-27)34-18-25(29(35)33-32(34)38)16-22-6-4-3-5-7-22/h3-15,18,26-28H,16-17,19H2,1-2H3,(H,33,35,38)/t26-,27+,28-/m0/s1. The maximum absolute atomic E-state index is 13.0. The number of aryl methyl sites for hydroxylation is 2. The number of aromatic amines is 1. The highest BCUT2D eigenvalue weighted by Gasteiger charge is 2.40. The van der Waals surface area contributed by atoms with Crippen molar-refractivity contribution >= 4 is 11.9 Å². The molecule has 2 heterocycles. The van der Waals surface area contributed by atoms with Crippen molar-refractivity contribution in [1.82, 2.24) is 9.55 Å². The zero-order chi connectivity index (χ0) is 28.9. The van der Waals surface area contributed by atoms with Crippen LogP contribution < -0.4 is 11.2 Å². The van der Waals surface area contributed by atoms with Crippen molar-refractivity contribution < 1.29 is 23.8 Å². The van der Waals surface area contributed by atoms with Gasteiger partial charge >= 0.3 is 17.6 Å². The first kappa shape index (κ1) is 27.8. The Balaban J connectivity index is 1.38. The van der Waals surface area contributed by atoms with Crippen molar-refractivity contribution in [2.45, 2.75) is 45.1 Å². The predicted molar refractivity (Wildman–Crippen MR) is 151 cm³/mol. The molecule has 0 aliphatic carbocycles. The number of carbonyl (C=O) groups excluding carboxylic acids is 2. The van der Waals surface area contributed by atoms with Gasteiger partial charge in [0.2, 0.25) is 0 Å². The van der Waals surface area contributed by atoms with Gasteiger partial charge in [-0.15, -0.1) is 0 Å². The van der Waals surface area contributed by atoms with E-state index in [0.717, 1.165) is 16.7 Å². The number of hydrogen-bond acceptors (Lipinski definition) is 7. The molecule has 0 saturated carbocycles. The zero-order valence-corrected chi connectivity index (χ0v) is 22.7. The average Bonchev–Trinajstić information content (AvgIpc) is 3.36. The summed E-state index contributed by atoms with van der Waals surface area (Å²) >= 11 is 0. The third-order valence-corrected chi connectivity index (χ3v) is 6.98. The van der Waals surface area contributed by atoms with Gasteiger partial charge in [-0.05, 0) is 43.7 Å².